The van der Waals surface area contributed by atoms with Gasteiger partial charge in [0.25, 0.3) is 5.69 Å². The van der Waals surface area contributed by atoms with Crippen molar-refractivity contribution in [1.29, 1.82) is 0 Å². The Balaban J connectivity index is 1.48. The van der Waals surface area contributed by atoms with E-state index in [4.69, 9.17) is 4.74 Å². The lowest BCUT2D eigenvalue weighted by Gasteiger charge is -2.12. The molecule has 2 N–H and O–H groups in total. The molecule has 0 fully saturated rings. The van der Waals surface area contributed by atoms with E-state index in [-0.39, 0.29) is 17.3 Å². The van der Waals surface area contributed by atoms with Crippen LogP contribution < -0.4 is 15.4 Å². The Morgan fingerprint density at radius 2 is 1.74 bits per heavy atom. The fourth-order valence-corrected chi connectivity index (χ4v) is 4.46. The number of anilines is 2. The molecule has 0 radical (unpaired) electrons. The van der Waals surface area contributed by atoms with Gasteiger partial charge in [-0.2, -0.15) is 0 Å². The van der Waals surface area contributed by atoms with Crippen LogP contribution in [0.2, 0.25) is 0 Å². The van der Waals surface area contributed by atoms with Crippen LogP contribution in [-0.4, -0.2) is 38.0 Å². The predicted molar refractivity (Wildman–Crippen MR) is 148 cm³/mol. The van der Waals surface area contributed by atoms with Gasteiger partial charge in [0, 0.05) is 28.7 Å². The van der Waals surface area contributed by atoms with Gasteiger partial charge in [-0.1, -0.05) is 35.5 Å². The van der Waals surface area contributed by atoms with Crippen molar-refractivity contribution in [3.05, 3.63) is 93.8 Å². The summed E-state index contributed by atoms with van der Waals surface area (Å²) in [4.78, 5) is 23.4. The quantitative estimate of drug-likeness (QED) is 0.147. The van der Waals surface area contributed by atoms with Crippen LogP contribution in [0.5, 0.6) is 5.75 Å². The zero-order chi connectivity index (χ0) is 27.1. The Kier molecular flexibility index (Phi) is 8.59. The van der Waals surface area contributed by atoms with Crippen LogP contribution in [0.4, 0.5) is 17.1 Å². The van der Waals surface area contributed by atoms with Crippen LogP contribution in [-0.2, 0) is 11.3 Å². The first-order chi connectivity index (χ1) is 18.3. The van der Waals surface area contributed by atoms with Crippen molar-refractivity contribution >= 4 is 34.7 Å². The topological polar surface area (TPSA) is 124 Å². The molecule has 0 saturated heterocycles. The second kappa shape index (κ2) is 12.2. The van der Waals surface area contributed by atoms with Crippen LogP contribution >= 0.6 is 11.8 Å². The van der Waals surface area contributed by atoms with E-state index in [9.17, 15) is 14.9 Å². The molecule has 38 heavy (non-hydrogen) atoms. The molecule has 0 aliphatic carbocycles. The minimum atomic E-state index is -0.466. The third-order valence-corrected chi connectivity index (χ3v) is 6.56. The molecule has 1 aromatic heterocycles. The first-order valence-corrected chi connectivity index (χ1v) is 13.0. The van der Waals surface area contributed by atoms with Gasteiger partial charge in [0.1, 0.15) is 5.75 Å². The van der Waals surface area contributed by atoms with E-state index < -0.39 is 4.92 Å². The van der Waals surface area contributed by atoms with Gasteiger partial charge in [0.2, 0.25) is 5.91 Å². The number of aromatic nitrogens is 3. The first kappa shape index (κ1) is 26.7. The zero-order valence-corrected chi connectivity index (χ0v) is 22.1. The Morgan fingerprint density at radius 3 is 2.42 bits per heavy atom. The smallest absolute Gasteiger partial charge is 0.274 e. The number of nitro groups is 1. The largest absolute Gasteiger partial charge is 0.494 e. The standard InChI is InChI=1S/C27H28N6O4S/c1-4-37-23-13-9-20(10-14-23)28-16-25-30-31-27(32(25)22-11-5-18(2)6-12-22)38-17-26(34)29-21-8-7-19(3)24(15-21)33(35)36/h5-15,28H,4,16-17H2,1-3H3,(H,29,34). The number of nitrogens with one attached hydrogen (secondary N) is 2. The number of benzene rings is 3. The van der Waals surface area contributed by atoms with Crippen molar-refractivity contribution in [2.24, 2.45) is 0 Å². The summed E-state index contributed by atoms with van der Waals surface area (Å²) in [6, 6.07) is 20.3. The highest BCUT2D eigenvalue weighted by Gasteiger charge is 2.17. The number of carbonyl (C=O) groups excluding carboxylic acids is 1. The predicted octanol–water partition coefficient (Wildman–Crippen LogP) is 5.53. The van der Waals surface area contributed by atoms with Gasteiger partial charge in [-0.25, -0.2) is 0 Å². The van der Waals surface area contributed by atoms with E-state index in [1.54, 1.807) is 19.1 Å². The molecule has 10 nitrogen and oxygen atoms in total. The minimum absolute atomic E-state index is 0.0424. The molecule has 1 amide bonds. The highest BCUT2D eigenvalue weighted by molar-refractivity contribution is 7.99. The fourth-order valence-electron chi connectivity index (χ4n) is 3.69. The molecule has 0 bridgehead atoms. The van der Waals surface area contributed by atoms with Crippen molar-refractivity contribution in [3.8, 4) is 11.4 Å². The lowest BCUT2D eigenvalue weighted by Crippen LogP contribution is -2.15. The molecule has 11 heteroatoms. The first-order valence-electron chi connectivity index (χ1n) is 12.0. The second-order valence-electron chi connectivity index (χ2n) is 8.48. The fraction of sp³-hybridized carbons (Fsp3) is 0.222. The SMILES string of the molecule is CCOc1ccc(NCc2nnc(SCC(=O)Nc3ccc(C)c([N+](=O)[O-])c3)n2-c2ccc(C)cc2)cc1. The summed E-state index contributed by atoms with van der Waals surface area (Å²) >= 11 is 1.24. The van der Waals surface area contributed by atoms with Crippen LogP contribution in [0.25, 0.3) is 5.69 Å². The summed E-state index contributed by atoms with van der Waals surface area (Å²) in [6.07, 6.45) is 0. The Bertz CT molecular complexity index is 1420. The van der Waals surface area contributed by atoms with Crippen LogP contribution in [0.1, 0.15) is 23.9 Å². The molecule has 3 aromatic carbocycles. The molecule has 0 atom stereocenters. The van der Waals surface area contributed by atoms with E-state index in [2.05, 4.69) is 20.8 Å². The molecule has 0 spiro atoms. The van der Waals surface area contributed by atoms with Gasteiger partial charge >= 0.3 is 0 Å². The molecule has 0 unspecified atom stereocenters. The molecule has 1 heterocycles. The highest BCUT2D eigenvalue weighted by atomic mass is 32.2. The summed E-state index contributed by atoms with van der Waals surface area (Å²) in [5, 5.41) is 26.6. The molecule has 196 valence electrons. The number of carbonyl (C=O) groups is 1. The number of nitrogens with zero attached hydrogens (tertiary/aromatic N) is 4. The summed E-state index contributed by atoms with van der Waals surface area (Å²) in [7, 11) is 0. The van der Waals surface area contributed by atoms with Gasteiger partial charge < -0.3 is 15.4 Å². The maximum atomic E-state index is 12.7. The summed E-state index contributed by atoms with van der Waals surface area (Å²) in [6.45, 7) is 6.63. The number of nitro benzene ring substituents is 1. The maximum absolute atomic E-state index is 12.7. The number of rotatable bonds is 11. The zero-order valence-electron chi connectivity index (χ0n) is 21.3. The van der Waals surface area contributed by atoms with E-state index >= 15 is 0 Å². The van der Waals surface area contributed by atoms with E-state index in [0.29, 0.717) is 35.4 Å². The number of aryl methyl sites for hydroxylation is 2. The Labute approximate surface area is 224 Å². The van der Waals surface area contributed by atoms with Crippen molar-refractivity contribution in [1.82, 2.24) is 14.8 Å². The molecule has 0 aliphatic heterocycles. The molecular formula is C27H28N6O4S. The summed E-state index contributed by atoms with van der Waals surface area (Å²) in [5.74, 6) is 1.23. The Hall–Kier alpha value is -4.38. The molecule has 0 aliphatic rings. The van der Waals surface area contributed by atoms with E-state index in [1.165, 1.54) is 17.8 Å². The maximum Gasteiger partial charge on any atom is 0.274 e. The van der Waals surface area contributed by atoms with Crippen molar-refractivity contribution < 1.29 is 14.5 Å². The van der Waals surface area contributed by atoms with Gasteiger partial charge in [-0.05, 0) is 63.2 Å². The number of hydrogen-bond acceptors (Lipinski definition) is 8. The highest BCUT2D eigenvalue weighted by Crippen LogP contribution is 2.25. The molecule has 4 rings (SSSR count). The normalized spacial score (nSPS) is 10.7. The average molecular weight is 533 g/mol. The minimum Gasteiger partial charge on any atom is -0.494 e. The van der Waals surface area contributed by atoms with E-state index in [1.807, 2.05) is 66.9 Å². The monoisotopic (exact) mass is 532 g/mol. The van der Waals surface area contributed by atoms with Crippen LogP contribution in [0, 0.1) is 24.0 Å². The number of amides is 1. The number of ether oxygens (including phenoxy) is 1. The van der Waals surface area contributed by atoms with Crippen LogP contribution in [0.15, 0.2) is 71.9 Å². The third-order valence-electron chi connectivity index (χ3n) is 5.63. The molecule has 4 aromatic rings. The Morgan fingerprint density at radius 1 is 1.03 bits per heavy atom. The van der Waals surface area contributed by atoms with Gasteiger partial charge in [-0.15, -0.1) is 10.2 Å². The average Bonchev–Trinajstić information content (AvgIpc) is 3.31. The number of hydrogen-bond donors (Lipinski definition) is 2. The number of thioether (sulfide) groups is 1. The van der Waals surface area contributed by atoms with Gasteiger partial charge in [-0.3, -0.25) is 19.5 Å². The molecule has 0 saturated carbocycles. The van der Waals surface area contributed by atoms with E-state index in [0.717, 1.165) is 22.7 Å². The summed E-state index contributed by atoms with van der Waals surface area (Å²) < 4.78 is 7.41. The lowest BCUT2D eigenvalue weighted by atomic mass is 10.2. The van der Waals surface area contributed by atoms with Crippen molar-refractivity contribution in [2.75, 3.05) is 23.0 Å². The molecular weight excluding hydrogens is 504 g/mol. The van der Waals surface area contributed by atoms with Gasteiger partial charge in [0.05, 0.1) is 23.8 Å². The van der Waals surface area contributed by atoms with Crippen molar-refractivity contribution in [3.63, 3.8) is 0 Å². The van der Waals surface area contributed by atoms with Crippen LogP contribution in [0.3, 0.4) is 0 Å². The lowest BCUT2D eigenvalue weighted by molar-refractivity contribution is -0.385. The third kappa shape index (κ3) is 6.68. The second-order valence-corrected chi connectivity index (χ2v) is 9.42. The van der Waals surface area contributed by atoms with Crippen molar-refractivity contribution in [2.45, 2.75) is 32.5 Å². The van der Waals surface area contributed by atoms with Gasteiger partial charge in [0.15, 0.2) is 11.0 Å². The summed E-state index contributed by atoms with van der Waals surface area (Å²) in [5.41, 5.74) is 3.76.